The number of para-hydroxylation sites is 1. The zero-order valence-corrected chi connectivity index (χ0v) is 11.0. The van der Waals surface area contributed by atoms with Crippen LogP contribution < -0.4 is 4.90 Å². The molecule has 0 aromatic heterocycles. The van der Waals surface area contributed by atoms with Crippen LogP contribution in [-0.2, 0) is 6.54 Å². The topological polar surface area (TPSA) is 27.0 Å². The summed E-state index contributed by atoms with van der Waals surface area (Å²) in [4.78, 5) is 2.00. The average molecular weight is 254 g/mol. The summed E-state index contributed by atoms with van der Waals surface area (Å²) in [5.41, 5.74) is 3.50. The average Bonchev–Trinajstić information content (AvgIpc) is 2.41. The standard InChI is InChI=1S/C16H15FN2/c1-12-9-15(17)8-7-14(12)11-19(2)16-6-4-3-5-13(16)10-18/h3-9H,11H2,1-2H3. The maximum absolute atomic E-state index is 13.1. The van der Waals surface area contributed by atoms with Crippen molar-refractivity contribution in [3.63, 3.8) is 0 Å². The van der Waals surface area contributed by atoms with Crippen molar-refractivity contribution in [1.29, 1.82) is 5.26 Å². The first-order chi connectivity index (χ1) is 9.11. The van der Waals surface area contributed by atoms with E-state index in [-0.39, 0.29) is 5.82 Å². The molecule has 0 saturated carbocycles. The first kappa shape index (κ1) is 13.1. The van der Waals surface area contributed by atoms with Crippen LogP contribution in [0.4, 0.5) is 10.1 Å². The summed E-state index contributed by atoms with van der Waals surface area (Å²) in [6.07, 6.45) is 0. The van der Waals surface area contributed by atoms with Crippen LogP contribution in [0.1, 0.15) is 16.7 Å². The van der Waals surface area contributed by atoms with Crippen molar-refractivity contribution in [3.8, 4) is 6.07 Å². The molecule has 0 N–H and O–H groups in total. The van der Waals surface area contributed by atoms with Gasteiger partial charge in [-0.2, -0.15) is 5.26 Å². The van der Waals surface area contributed by atoms with Crippen LogP contribution in [0.2, 0.25) is 0 Å². The van der Waals surface area contributed by atoms with E-state index in [0.29, 0.717) is 12.1 Å². The van der Waals surface area contributed by atoms with Gasteiger partial charge in [-0.3, -0.25) is 0 Å². The van der Waals surface area contributed by atoms with Gasteiger partial charge in [-0.25, -0.2) is 4.39 Å². The molecule has 0 aliphatic heterocycles. The lowest BCUT2D eigenvalue weighted by Crippen LogP contribution is -2.18. The number of nitrogens with zero attached hydrogens (tertiary/aromatic N) is 2. The lowest BCUT2D eigenvalue weighted by molar-refractivity contribution is 0.625. The molecule has 0 atom stereocenters. The van der Waals surface area contributed by atoms with Gasteiger partial charge in [0.15, 0.2) is 0 Å². The Kier molecular flexibility index (Phi) is 3.82. The number of hydrogen-bond acceptors (Lipinski definition) is 2. The number of hydrogen-bond donors (Lipinski definition) is 0. The smallest absolute Gasteiger partial charge is 0.123 e. The number of aryl methyl sites for hydroxylation is 1. The minimum Gasteiger partial charge on any atom is -0.369 e. The highest BCUT2D eigenvalue weighted by Crippen LogP contribution is 2.21. The van der Waals surface area contributed by atoms with E-state index < -0.39 is 0 Å². The molecule has 0 unspecified atom stereocenters. The first-order valence-corrected chi connectivity index (χ1v) is 6.07. The Morgan fingerprint density at radius 2 is 1.95 bits per heavy atom. The van der Waals surface area contributed by atoms with E-state index >= 15 is 0 Å². The van der Waals surface area contributed by atoms with Gasteiger partial charge in [-0.15, -0.1) is 0 Å². The summed E-state index contributed by atoms with van der Waals surface area (Å²) >= 11 is 0. The Labute approximate surface area is 112 Å². The van der Waals surface area contributed by atoms with Gasteiger partial charge < -0.3 is 4.90 Å². The van der Waals surface area contributed by atoms with E-state index in [2.05, 4.69) is 6.07 Å². The highest BCUT2D eigenvalue weighted by Gasteiger charge is 2.08. The van der Waals surface area contributed by atoms with Gasteiger partial charge in [-0.1, -0.05) is 18.2 Å². The zero-order valence-electron chi connectivity index (χ0n) is 11.0. The molecule has 2 nitrogen and oxygen atoms in total. The fraction of sp³-hybridized carbons (Fsp3) is 0.188. The Balaban J connectivity index is 2.26. The molecule has 0 spiro atoms. The number of nitriles is 1. The highest BCUT2D eigenvalue weighted by atomic mass is 19.1. The second-order valence-electron chi connectivity index (χ2n) is 4.56. The number of halogens is 1. The molecule has 0 aliphatic rings. The molecule has 0 saturated heterocycles. The molecule has 0 aliphatic carbocycles. The zero-order chi connectivity index (χ0) is 13.8. The summed E-state index contributed by atoms with van der Waals surface area (Å²) in [6.45, 7) is 2.53. The third-order valence-electron chi connectivity index (χ3n) is 3.15. The van der Waals surface area contributed by atoms with Crippen LogP contribution in [-0.4, -0.2) is 7.05 Å². The third-order valence-corrected chi connectivity index (χ3v) is 3.15. The van der Waals surface area contributed by atoms with Gasteiger partial charge in [0.2, 0.25) is 0 Å². The van der Waals surface area contributed by atoms with E-state index in [1.165, 1.54) is 12.1 Å². The van der Waals surface area contributed by atoms with Crippen molar-refractivity contribution >= 4 is 5.69 Å². The number of rotatable bonds is 3. The van der Waals surface area contributed by atoms with Crippen molar-refractivity contribution in [2.75, 3.05) is 11.9 Å². The lowest BCUT2D eigenvalue weighted by Gasteiger charge is -2.21. The fourth-order valence-corrected chi connectivity index (χ4v) is 2.08. The SMILES string of the molecule is Cc1cc(F)ccc1CN(C)c1ccccc1C#N. The second kappa shape index (κ2) is 5.53. The molecule has 2 aromatic carbocycles. The van der Waals surface area contributed by atoms with Gasteiger partial charge in [0.1, 0.15) is 11.9 Å². The minimum atomic E-state index is -0.221. The van der Waals surface area contributed by atoms with Gasteiger partial charge in [0.05, 0.1) is 11.3 Å². The van der Waals surface area contributed by atoms with E-state index in [0.717, 1.165) is 16.8 Å². The van der Waals surface area contributed by atoms with E-state index in [9.17, 15) is 4.39 Å². The Morgan fingerprint density at radius 1 is 1.21 bits per heavy atom. The summed E-state index contributed by atoms with van der Waals surface area (Å²) < 4.78 is 13.1. The number of anilines is 1. The first-order valence-electron chi connectivity index (χ1n) is 6.07. The van der Waals surface area contributed by atoms with Crippen LogP contribution in [0.25, 0.3) is 0 Å². The van der Waals surface area contributed by atoms with Crippen molar-refractivity contribution in [2.24, 2.45) is 0 Å². The Bertz CT molecular complexity index is 629. The summed E-state index contributed by atoms with van der Waals surface area (Å²) in [5.74, 6) is -0.221. The second-order valence-corrected chi connectivity index (χ2v) is 4.56. The van der Waals surface area contributed by atoms with Crippen LogP contribution >= 0.6 is 0 Å². The summed E-state index contributed by atoms with van der Waals surface area (Å²) in [7, 11) is 1.93. The molecule has 2 aromatic rings. The normalized spacial score (nSPS) is 10.0. The summed E-state index contributed by atoms with van der Waals surface area (Å²) in [6, 6.07) is 14.4. The maximum atomic E-state index is 13.1. The molecule has 0 amide bonds. The highest BCUT2D eigenvalue weighted by molar-refractivity contribution is 5.59. The van der Waals surface area contributed by atoms with E-state index in [1.807, 2.05) is 37.1 Å². The van der Waals surface area contributed by atoms with Crippen molar-refractivity contribution in [3.05, 3.63) is 65.0 Å². The predicted octanol–water partition coefficient (Wildman–Crippen LogP) is 3.64. The Hall–Kier alpha value is -2.34. The van der Waals surface area contributed by atoms with Crippen LogP contribution in [0.5, 0.6) is 0 Å². The van der Waals surface area contributed by atoms with Crippen molar-refractivity contribution in [1.82, 2.24) is 0 Å². The largest absolute Gasteiger partial charge is 0.369 e. The molecule has 0 fully saturated rings. The molecule has 0 radical (unpaired) electrons. The van der Waals surface area contributed by atoms with Crippen LogP contribution in [0.15, 0.2) is 42.5 Å². The van der Waals surface area contributed by atoms with Gasteiger partial charge in [0.25, 0.3) is 0 Å². The Morgan fingerprint density at radius 3 is 2.63 bits per heavy atom. The fourth-order valence-electron chi connectivity index (χ4n) is 2.08. The van der Waals surface area contributed by atoms with Crippen molar-refractivity contribution < 1.29 is 4.39 Å². The molecule has 0 bridgehead atoms. The van der Waals surface area contributed by atoms with E-state index in [1.54, 1.807) is 12.1 Å². The third kappa shape index (κ3) is 2.92. The van der Waals surface area contributed by atoms with Crippen LogP contribution in [0.3, 0.4) is 0 Å². The number of benzene rings is 2. The molecular weight excluding hydrogens is 239 g/mol. The molecular formula is C16H15FN2. The van der Waals surface area contributed by atoms with E-state index in [4.69, 9.17) is 5.26 Å². The summed E-state index contributed by atoms with van der Waals surface area (Å²) in [5, 5.41) is 9.10. The lowest BCUT2D eigenvalue weighted by atomic mass is 10.1. The molecule has 19 heavy (non-hydrogen) atoms. The van der Waals surface area contributed by atoms with Crippen LogP contribution in [0, 0.1) is 24.1 Å². The molecule has 2 rings (SSSR count). The van der Waals surface area contributed by atoms with Gasteiger partial charge >= 0.3 is 0 Å². The molecule has 0 heterocycles. The quantitative estimate of drug-likeness (QED) is 0.836. The minimum absolute atomic E-state index is 0.221. The molecule has 96 valence electrons. The van der Waals surface area contributed by atoms with Crippen molar-refractivity contribution in [2.45, 2.75) is 13.5 Å². The monoisotopic (exact) mass is 254 g/mol. The predicted molar refractivity (Wildman–Crippen MR) is 74.4 cm³/mol. The van der Waals surface area contributed by atoms with Gasteiger partial charge in [0, 0.05) is 13.6 Å². The maximum Gasteiger partial charge on any atom is 0.123 e. The molecule has 3 heteroatoms. The van der Waals surface area contributed by atoms with Gasteiger partial charge in [-0.05, 0) is 42.3 Å².